The summed E-state index contributed by atoms with van der Waals surface area (Å²) in [4.78, 5) is 11.9. The Morgan fingerprint density at radius 3 is 2.53 bits per heavy atom. The number of ketones is 1. The molecule has 0 N–H and O–H groups in total. The van der Waals surface area contributed by atoms with Crippen LogP contribution in [0.5, 0.6) is 0 Å². The van der Waals surface area contributed by atoms with E-state index in [0.29, 0.717) is 5.78 Å². The molecule has 15 heavy (non-hydrogen) atoms. The van der Waals surface area contributed by atoms with Gasteiger partial charge in [-0.2, -0.15) is 0 Å². The largest absolute Gasteiger partial charge is 0.299 e. The van der Waals surface area contributed by atoms with Crippen LogP contribution in [0.15, 0.2) is 28.7 Å². The standard InChI is InChI=1S/C13H15BrO/c14-11-8-6-10(7-9-11)12-4-2-1-3-5-13(12)15/h6-9,12H,1-5H2. The Labute approximate surface area is 99.0 Å². The third kappa shape index (κ3) is 2.69. The van der Waals surface area contributed by atoms with Crippen LogP contribution in [-0.2, 0) is 4.79 Å². The van der Waals surface area contributed by atoms with E-state index in [0.717, 1.165) is 23.7 Å². The molecule has 1 aromatic carbocycles. The van der Waals surface area contributed by atoms with Gasteiger partial charge in [0, 0.05) is 16.8 Å². The van der Waals surface area contributed by atoms with Gasteiger partial charge in [-0.05, 0) is 30.5 Å². The molecule has 0 aliphatic heterocycles. The molecule has 1 fully saturated rings. The summed E-state index contributed by atoms with van der Waals surface area (Å²) in [6.07, 6.45) is 5.26. The lowest BCUT2D eigenvalue weighted by molar-refractivity contribution is -0.120. The summed E-state index contributed by atoms with van der Waals surface area (Å²) in [5.74, 6) is 0.579. The molecular weight excluding hydrogens is 252 g/mol. The van der Waals surface area contributed by atoms with Crippen molar-refractivity contribution in [3.05, 3.63) is 34.3 Å². The van der Waals surface area contributed by atoms with Gasteiger partial charge in [0.15, 0.2) is 0 Å². The Morgan fingerprint density at radius 2 is 1.80 bits per heavy atom. The van der Waals surface area contributed by atoms with Crippen LogP contribution in [0.1, 0.15) is 43.6 Å². The first-order chi connectivity index (χ1) is 7.27. The van der Waals surface area contributed by atoms with Crippen molar-refractivity contribution >= 4 is 21.7 Å². The van der Waals surface area contributed by atoms with Crippen LogP contribution in [0.2, 0.25) is 0 Å². The average Bonchev–Trinajstić information content (AvgIpc) is 2.44. The maximum absolute atomic E-state index is 11.9. The van der Waals surface area contributed by atoms with Crippen LogP contribution in [0.4, 0.5) is 0 Å². The number of halogens is 1. The summed E-state index contributed by atoms with van der Waals surface area (Å²) in [5.41, 5.74) is 1.19. The summed E-state index contributed by atoms with van der Waals surface area (Å²) >= 11 is 3.42. The number of benzene rings is 1. The predicted molar refractivity (Wildman–Crippen MR) is 65.0 cm³/mol. The van der Waals surface area contributed by atoms with Crippen LogP contribution in [0, 0.1) is 0 Å². The maximum atomic E-state index is 11.9. The minimum Gasteiger partial charge on any atom is -0.299 e. The maximum Gasteiger partial charge on any atom is 0.140 e. The molecule has 2 heteroatoms. The number of hydrogen-bond donors (Lipinski definition) is 0. The number of rotatable bonds is 1. The zero-order chi connectivity index (χ0) is 10.7. The highest BCUT2D eigenvalue weighted by Crippen LogP contribution is 2.29. The second-order valence-electron chi connectivity index (χ2n) is 4.17. The first kappa shape index (κ1) is 10.9. The Kier molecular flexibility index (Phi) is 3.57. The van der Waals surface area contributed by atoms with Gasteiger partial charge in [-0.25, -0.2) is 0 Å². The molecule has 0 radical (unpaired) electrons. The lowest BCUT2D eigenvalue weighted by atomic mass is 9.91. The smallest absolute Gasteiger partial charge is 0.140 e. The molecule has 1 saturated carbocycles. The molecule has 1 aliphatic carbocycles. The Bertz CT molecular complexity index is 342. The van der Waals surface area contributed by atoms with Gasteiger partial charge in [0.1, 0.15) is 5.78 Å². The van der Waals surface area contributed by atoms with Crippen LogP contribution in [0.3, 0.4) is 0 Å². The highest BCUT2D eigenvalue weighted by atomic mass is 79.9. The SMILES string of the molecule is O=C1CCCCCC1c1ccc(Br)cc1. The molecule has 80 valence electrons. The first-order valence-corrected chi connectivity index (χ1v) is 6.35. The Hall–Kier alpha value is -0.630. The lowest BCUT2D eigenvalue weighted by Crippen LogP contribution is -2.10. The molecule has 0 bridgehead atoms. The number of hydrogen-bond acceptors (Lipinski definition) is 1. The lowest BCUT2D eigenvalue weighted by Gasteiger charge is -2.13. The predicted octanol–water partition coefficient (Wildman–Crippen LogP) is 4.07. The quantitative estimate of drug-likeness (QED) is 0.701. The second-order valence-corrected chi connectivity index (χ2v) is 5.09. The zero-order valence-corrected chi connectivity index (χ0v) is 10.3. The van der Waals surface area contributed by atoms with E-state index in [9.17, 15) is 4.79 Å². The van der Waals surface area contributed by atoms with Gasteiger partial charge in [0.05, 0.1) is 0 Å². The van der Waals surface area contributed by atoms with Gasteiger partial charge in [-0.15, -0.1) is 0 Å². The monoisotopic (exact) mass is 266 g/mol. The van der Waals surface area contributed by atoms with E-state index < -0.39 is 0 Å². The highest BCUT2D eigenvalue weighted by molar-refractivity contribution is 9.10. The molecule has 1 atom stereocenters. The number of carbonyl (C=O) groups excluding carboxylic acids is 1. The van der Waals surface area contributed by atoms with E-state index in [1.54, 1.807) is 0 Å². The molecule has 0 saturated heterocycles. The first-order valence-electron chi connectivity index (χ1n) is 5.55. The fourth-order valence-corrected chi connectivity index (χ4v) is 2.47. The van der Waals surface area contributed by atoms with Crippen molar-refractivity contribution in [2.24, 2.45) is 0 Å². The van der Waals surface area contributed by atoms with Crippen molar-refractivity contribution in [1.82, 2.24) is 0 Å². The molecule has 1 unspecified atom stereocenters. The minimum absolute atomic E-state index is 0.153. The summed E-state index contributed by atoms with van der Waals surface area (Å²) < 4.78 is 1.08. The van der Waals surface area contributed by atoms with E-state index in [1.807, 2.05) is 12.1 Å². The van der Waals surface area contributed by atoms with E-state index in [1.165, 1.54) is 18.4 Å². The van der Waals surface area contributed by atoms with Gasteiger partial charge < -0.3 is 0 Å². The van der Waals surface area contributed by atoms with Crippen LogP contribution in [0.25, 0.3) is 0 Å². The Balaban J connectivity index is 2.20. The van der Waals surface area contributed by atoms with Gasteiger partial charge in [-0.1, -0.05) is 40.9 Å². The molecule has 0 aromatic heterocycles. The highest BCUT2D eigenvalue weighted by Gasteiger charge is 2.21. The van der Waals surface area contributed by atoms with Crippen molar-refractivity contribution < 1.29 is 4.79 Å². The van der Waals surface area contributed by atoms with Crippen LogP contribution < -0.4 is 0 Å². The average molecular weight is 267 g/mol. The normalized spacial score (nSPS) is 22.5. The molecule has 0 amide bonds. The molecule has 2 rings (SSSR count). The number of Topliss-reactive ketones (excluding diaryl/α,β-unsaturated/α-hetero) is 1. The third-order valence-electron chi connectivity index (χ3n) is 3.08. The fourth-order valence-electron chi connectivity index (χ4n) is 2.21. The van der Waals surface area contributed by atoms with E-state index >= 15 is 0 Å². The van der Waals surface area contributed by atoms with Crippen molar-refractivity contribution in [3.8, 4) is 0 Å². The summed E-state index contributed by atoms with van der Waals surface area (Å²) in [5, 5.41) is 0. The molecule has 0 heterocycles. The molecule has 1 nitrogen and oxygen atoms in total. The van der Waals surface area contributed by atoms with Crippen LogP contribution >= 0.6 is 15.9 Å². The molecule has 1 aromatic rings. The van der Waals surface area contributed by atoms with E-state index in [2.05, 4.69) is 28.1 Å². The van der Waals surface area contributed by atoms with Crippen molar-refractivity contribution in [3.63, 3.8) is 0 Å². The van der Waals surface area contributed by atoms with Gasteiger partial charge >= 0.3 is 0 Å². The second kappa shape index (κ2) is 4.93. The van der Waals surface area contributed by atoms with Crippen molar-refractivity contribution in [2.45, 2.75) is 38.0 Å². The van der Waals surface area contributed by atoms with Gasteiger partial charge in [-0.3, -0.25) is 4.79 Å². The zero-order valence-electron chi connectivity index (χ0n) is 8.71. The van der Waals surface area contributed by atoms with E-state index in [-0.39, 0.29) is 5.92 Å². The molecular formula is C13H15BrO. The van der Waals surface area contributed by atoms with Gasteiger partial charge in [0.2, 0.25) is 0 Å². The summed E-state index contributed by atoms with van der Waals surface area (Å²) in [6.45, 7) is 0. The summed E-state index contributed by atoms with van der Waals surface area (Å²) in [7, 11) is 0. The fraction of sp³-hybridized carbons (Fsp3) is 0.462. The van der Waals surface area contributed by atoms with Gasteiger partial charge in [0.25, 0.3) is 0 Å². The van der Waals surface area contributed by atoms with Crippen LogP contribution in [-0.4, -0.2) is 5.78 Å². The van der Waals surface area contributed by atoms with Crippen molar-refractivity contribution in [1.29, 1.82) is 0 Å². The summed E-state index contributed by atoms with van der Waals surface area (Å²) in [6, 6.07) is 8.18. The topological polar surface area (TPSA) is 17.1 Å². The minimum atomic E-state index is 0.153. The third-order valence-corrected chi connectivity index (χ3v) is 3.61. The number of carbonyl (C=O) groups is 1. The van der Waals surface area contributed by atoms with Crippen molar-refractivity contribution in [2.75, 3.05) is 0 Å². The molecule has 1 aliphatic rings. The molecule has 0 spiro atoms. The van der Waals surface area contributed by atoms with E-state index in [4.69, 9.17) is 0 Å². The Morgan fingerprint density at radius 1 is 1.07 bits per heavy atom.